The molecule has 0 radical (unpaired) electrons. The minimum absolute atomic E-state index is 0.0114. The molecule has 0 saturated heterocycles. The molecule has 3 aromatic rings. The summed E-state index contributed by atoms with van der Waals surface area (Å²) in [6.07, 6.45) is -4.80. The molecule has 0 saturated carbocycles. The fourth-order valence-corrected chi connectivity index (χ4v) is 3.74. The average molecular weight is 501 g/mol. The number of halogens is 5. The van der Waals surface area contributed by atoms with Crippen molar-refractivity contribution >= 4 is 15.9 Å². The van der Waals surface area contributed by atoms with Crippen molar-refractivity contribution in [1.29, 1.82) is 0 Å². The lowest BCUT2D eigenvalue weighted by Crippen LogP contribution is -2.57. The van der Waals surface area contributed by atoms with E-state index >= 15 is 0 Å². The molecule has 0 aliphatic carbocycles. The third-order valence-corrected chi connectivity index (χ3v) is 5.94. The van der Waals surface area contributed by atoms with Crippen LogP contribution in [0.1, 0.15) is 28.4 Å². The molecule has 1 atom stereocenters. The Bertz CT molecular complexity index is 1220. The van der Waals surface area contributed by atoms with Crippen LogP contribution < -0.4 is 17.0 Å². The predicted molar refractivity (Wildman–Crippen MR) is 110 cm³/mol. The molecule has 0 aliphatic heterocycles. The number of nitrogens with zero attached hydrogens (tertiary/aromatic N) is 2. The number of benzene rings is 2. The van der Waals surface area contributed by atoms with Crippen molar-refractivity contribution < 1.29 is 23.3 Å². The molecule has 5 nitrogen and oxygen atoms in total. The highest BCUT2D eigenvalue weighted by Gasteiger charge is 2.35. The standard InChI is InChI=1S/C21H18BrF4N3O2/c1-12-18(22)19(30)29(11-17(27)13-6-3-2-4-7-13)20(31)28(12)10-14-15(21(24,25)26)8-5-9-16(14)23/h2-9,17H,10-11,27H2,1H3/p+1/t17-/m0/s1. The second-order valence-electron chi connectivity index (χ2n) is 7.06. The second-order valence-corrected chi connectivity index (χ2v) is 7.85. The van der Waals surface area contributed by atoms with Gasteiger partial charge >= 0.3 is 11.9 Å². The fourth-order valence-electron chi connectivity index (χ4n) is 3.31. The molecule has 10 heteroatoms. The maximum atomic E-state index is 14.3. The van der Waals surface area contributed by atoms with Crippen molar-refractivity contribution in [3.8, 4) is 0 Å². The van der Waals surface area contributed by atoms with Crippen LogP contribution >= 0.6 is 15.9 Å². The zero-order valence-corrected chi connectivity index (χ0v) is 18.0. The molecule has 1 heterocycles. The molecular formula is C21H19BrF4N3O2+. The first-order valence-corrected chi connectivity index (χ1v) is 10.0. The molecule has 164 valence electrons. The Morgan fingerprint density at radius 1 is 1.03 bits per heavy atom. The van der Waals surface area contributed by atoms with E-state index in [1.807, 2.05) is 6.07 Å². The summed E-state index contributed by atoms with van der Waals surface area (Å²) in [7, 11) is 0. The van der Waals surface area contributed by atoms with Gasteiger partial charge in [-0.25, -0.2) is 9.18 Å². The van der Waals surface area contributed by atoms with Crippen molar-refractivity contribution in [2.45, 2.75) is 32.2 Å². The molecule has 0 amide bonds. The number of alkyl halides is 3. The topological polar surface area (TPSA) is 71.6 Å². The Morgan fingerprint density at radius 3 is 2.29 bits per heavy atom. The Balaban J connectivity index is 2.12. The molecule has 0 aliphatic rings. The van der Waals surface area contributed by atoms with Crippen LogP contribution in [0.3, 0.4) is 0 Å². The van der Waals surface area contributed by atoms with Crippen LogP contribution in [0, 0.1) is 12.7 Å². The van der Waals surface area contributed by atoms with Gasteiger partial charge in [0.05, 0.1) is 18.7 Å². The highest BCUT2D eigenvalue weighted by molar-refractivity contribution is 9.10. The third-order valence-electron chi connectivity index (χ3n) is 5.03. The number of hydrogen-bond acceptors (Lipinski definition) is 2. The van der Waals surface area contributed by atoms with E-state index in [0.29, 0.717) is 0 Å². The molecule has 0 fully saturated rings. The van der Waals surface area contributed by atoms with E-state index in [9.17, 15) is 27.2 Å². The van der Waals surface area contributed by atoms with Crippen LogP contribution in [0.15, 0.2) is 62.6 Å². The highest BCUT2D eigenvalue weighted by Crippen LogP contribution is 2.33. The van der Waals surface area contributed by atoms with Gasteiger partial charge in [0.1, 0.15) is 16.3 Å². The summed E-state index contributed by atoms with van der Waals surface area (Å²) in [6, 6.07) is 11.1. The molecule has 2 aromatic carbocycles. The first kappa shape index (κ1) is 23.0. The number of aromatic nitrogens is 2. The van der Waals surface area contributed by atoms with Gasteiger partial charge in [-0.3, -0.25) is 13.9 Å². The normalized spacial score (nSPS) is 12.7. The quantitative estimate of drug-likeness (QED) is 0.546. The number of quaternary nitrogens is 1. The molecule has 31 heavy (non-hydrogen) atoms. The van der Waals surface area contributed by atoms with Crippen LogP contribution in [-0.4, -0.2) is 9.13 Å². The lowest BCUT2D eigenvalue weighted by atomic mass is 10.1. The molecule has 0 bridgehead atoms. The van der Waals surface area contributed by atoms with Gasteiger partial charge in [0.25, 0.3) is 5.56 Å². The van der Waals surface area contributed by atoms with E-state index in [4.69, 9.17) is 0 Å². The van der Waals surface area contributed by atoms with Crippen molar-refractivity contribution in [1.82, 2.24) is 9.13 Å². The SMILES string of the molecule is Cc1c(Br)c(=O)n(C[C@H]([NH3+])c2ccccc2)c(=O)n1Cc1c(F)cccc1C(F)(F)F. The van der Waals surface area contributed by atoms with E-state index in [1.54, 1.807) is 24.3 Å². The maximum absolute atomic E-state index is 14.3. The fraction of sp³-hybridized carbons (Fsp3) is 0.238. The van der Waals surface area contributed by atoms with E-state index in [0.717, 1.165) is 32.9 Å². The third kappa shape index (κ3) is 4.64. The van der Waals surface area contributed by atoms with Gasteiger partial charge in [0.2, 0.25) is 0 Å². The summed E-state index contributed by atoms with van der Waals surface area (Å²) in [6.45, 7) is 0.631. The van der Waals surface area contributed by atoms with Crippen LogP contribution in [0.2, 0.25) is 0 Å². The molecule has 0 spiro atoms. The van der Waals surface area contributed by atoms with Crippen LogP contribution in [0.4, 0.5) is 17.6 Å². The van der Waals surface area contributed by atoms with Gasteiger partial charge < -0.3 is 5.73 Å². The van der Waals surface area contributed by atoms with E-state index in [2.05, 4.69) is 21.7 Å². The molecule has 1 aromatic heterocycles. The van der Waals surface area contributed by atoms with Gasteiger partial charge in [-0.1, -0.05) is 36.4 Å². The van der Waals surface area contributed by atoms with Crippen molar-refractivity contribution in [2.75, 3.05) is 0 Å². The lowest BCUT2D eigenvalue weighted by molar-refractivity contribution is -0.430. The smallest absolute Gasteiger partial charge is 0.350 e. The van der Waals surface area contributed by atoms with Gasteiger partial charge in [-0.15, -0.1) is 0 Å². The van der Waals surface area contributed by atoms with Crippen LogP contribution in [0.5, 0.6) is 0 Å². The Kier molecular flexibility index (Phi) is 6.51. The number of hydrogen-bond donors (Lipinski definition) is 1. The first-order valence-electron chi connectivity index (χ1n) is 9.24. The highest BCUT2D eigenvalue weighted by atomic mass is 79.9. The monoisotopic (exact) mass is 500 g/mol. The van der Waals surface area contributed by atoms with Gasteiger partial charge in [-0.2, -0.15) is 13.2 Å². The maximum Gasteiger partial charge on any atom is 0.416 e. The summed E-state index contributed by atoms with van der Waals surface area (Å²) in [5.74, 6) is -1.09. The summed E-state index contributed by atoms with van der Waals surface area (Å²) < 4.78 is 56.4. The zero-order valence-electron chi connectivity index (χ0n) is 16.4. The lowest BCUT2D eigenvalue weighted by Gasteiger charge is -2.19. The largest absolute Gasteiger partial charge is 0.416 e. The zero-order chi connectivity index (χ0) is 22.9. The van der Waals surface area contributed by atoms with E-state index in [1.165, 1.54) is 6.92 Å². The summed E-state index contributed by atoms with van der Waals surface area (Å²) in [5, 5.41) is 0. The van der Waals surface area contributed by atoms with E-state index in [-0.39, 0.29) is 16.7 Å². The molecule has 3 rings (SSSR count). The summed E-state index contributed by atoms with van der Waals surface area (Å²) in [4.78, 5) is 25.8. The van der Waals surface area contributed by atoms with Gasteiger partial charge in [0.15, 0.2) is 0 Å². The van der Waals surface area contributed by atoms with Gasteiger partial charge in [-0.05, 0) is 35.0 Å². The van der Waals surface area contributed by atoms with Crippen molar-refractivity contribution in [2.24, 2.45) is 0 Å². The minimum Gasteiger partial charge on any atom is -0.350 e. The Labute approximate surface area is 182 Å². The van der Waals surface area contributed by atoms with E-state index < -0.39 is 47.0 Å². The first-order chi connectivity index (χ1) is 14.5. The Morgan fingerprint density at radius 2 is 1.68 bits per heavy atom. The average Bonchev–Trinajstić information content (AvgIpc) is 2.73. The Hall–Kier alpha value is -2.72. The summed E-state index contributed by atoms with van der Waals surface area (Å²) >= 11 is 3.12. The van der Waals surface area contributed by atoms with Gasteiger partial charge in [0, 0.05) is 16.8 Å². The van der Waals surface area contributed by atoms with Crippen LogP contribution in [-0.2, 0) is 19.3 Å². The van der Waals surface area contributed by atoms with Crippen molar-refractivity contribution in [3.63, 3.8) is 0 Å². The number of rotatable bonds is 5. The summed E-state index contributed by atoms with van der Waals surface area (Å²) in [5.41, 5.74) is 1.54. The predicted octanol–water partition coefficient (Wildman–Crippen LogP) is 3.27. The molecular weight excluding hydrogens is 482 g/mol. The molecule has 0 unspecified atom stereocenters. The molecule has 3 N–H and O–H groups in total. The van der Waals surface area contributed by atoms with Crippen LogP contribution in [0.25, 0.3) is 0 Å². The minimum atomic E-state index is -4.80. The van der Waals surface area contributed by atoms with Crippen molar-refractivity contribution in [3.05, 3.63) is 102 Å². The second kappa shape index (κ2) is 8.80.